The molecule has 0 aromatic rings. The van der Waals surface area contributed by atoms with Crippen LogP contribution in [0.15, 0.2) is 146 Å². The molecule has 0 aliphatic carbocycles. The number of likely N-dealkylation sites (N-methyl/N-ethyl adjacent to an activating group) is 1. The first-order valence-corrected chi connectivity index (χ1v) is 31.2. The number of allylic oxidation sites excluding steroid dienone is 23. The lowest BCUT2D eigenvalue weighted by Gasteiger charge is -2.25. The summed E-state index contributed by atoms with van der Waals surface area (Å²) in [5, 5.41) is 13.9. The number of phosphoric ester groups is 1. The number of amides is 1. The van der Waals surface area contributed by atoms with Gasteiger partial charge in [0.25, 0.3) is 0 Å². The van der Waals surface area contributed by atoms with Crippen LogP contribution in [-0.4, -0.2) is 73.4 Å². The SMILES string of the molecule is CC/C=C\C/C=C\C/C=C\C/C=C\C/C=C\C/C=C\C/C=C\C/C=C\C/C=C\CCCCCCCCCCCC(=O)NC(COP(=O)(O)OCC[N+](C)(C)C)C(O)/C=C/CC/C=C/CC/C=C/CCCCCCCC. The fourth-order valence-electron chi connectivity index (χ4n) is 7.65. The molecule has 3 unspecified atom stereocenters. The summed E-state index contributed by atoms with van der Waals surface area (Å²) in [7, 11) is 1.52. The first kappa shape index (κ1) is 71.4. The zero-order chi connectivity index (χ0) is 54.9. The van der Waals surface area contributed by atoms with Crippen molar-refractivity contribution in [3.05, 3.63) is 146 Å². The molecule has 0 heterocycles. The number of carbonyl (C=O) groups excluding carboxylic acids is 1. The third kappa shape index (κ3) is 57.9. The minimum absolute atomic E-state index is 0.0448. The number of nitrogens with zero attached hydrogens (tertiary/aromatic N) is 1. The number of rotatable bonds is 52. The Kier molecular flexibility index (Phi) is 52.5. The number of carbonyl (C=O) groups is 1. The van der Waals surface area contributed by atoms with E-state index < -0.39 is 20.0 Å². The molecular weight excluding hydrogens is 948 g/mol. The summed E-state index contributed by atoms with van der Waals surface area (Å²) in [5.41, 5.74) is 0. The Morgan fingerprint density at radius 1 is 0.467 bits per heavy atom. The van der Waals surface area contributed by atoms with Crippen molar-refractivity contribution in [3.63, 3.8) is 0 Å². The summed E-state index contributed by atoms with van der Waals surface area (Å²) in [4.78, 5) is 23.3. The molecule has 1 amide bonds. The number of quaternary nitrogens is 1. The first-order valence-electron chi connectivity index (χ1n) is 29.7. The van der Waals surface area contributed by atoms with Crippen molar-refractivity contribution in [2.24, 2.45) is 0 Å². The van der Waals surface area contributed by atoms with E-state index >= 15 is 0 Å². The van der Waals surface area contributed by atoms with E-state index in [9.17, 15) is 19.4 Å². The van der Waals surface area contributed by atoms with Gasteiger partial charge in [0.1, 0.15) is 13.2 Å². The lowest BCUT2D eigenvalue weighted by Crippen LogP contribution is -2.45. The largest absolute Gasteiger partial charge is 0.472 e. The molecule has 426 valence electrons. The van der Waals surface area contributed by atoms with Crippen molar-refractivity contribution in [2.45, 2.75) is 225 Å². The number of aliphatic hydroxyl groups excluding tert-OH is 1. The third-order valence-corrected chi connectivity index (χ3v) is 13.3. The summed E-state index contributed by atoms with van der Waals surface area (Å²) in [5.74, 6) is -0.204. The van der Waals surface area contributed by atoms with Crippen LogP contribution in [0.3, 0.4) is 0 Å². The fourth-order valence-corrected chi connectivity index (χ4v) is 8.39. The van der Waals surface area contributed by atoms with Crippen LogP contribution in [0.5, 0.6) is 0 Å². The average Bonchev–Trinajstić information content (AvgIpc) is 3.37. The summed E-state index contributed by atoms with van der Waals surface area (Å²) in [6.07, 6.45) is 85.3. The molecule has 0 saturated carbocycles. The van der Waals surface area contributed by atoms with E-state index in [4.69, 9.17) is 9.05 Å². The fraction of sp³-hybridized carbons (Fsp3) is 0.621. The Morgan fingerprint density at radius 2 is 0.813 bits per heavy atom. The molecule has 0 radical (unpaired) electrons. The smallest absolute Gasteiger partial charge is 0.387 e. The molecule has 0 spiro atoms. The molecular formula is C66H112N2O6P+. The molecule has 0 fully saturated rings. The van der Waals surface area contributed by atoms with Crippen molar-refractivity contribution >= 4 is 13.7 Å². The summed E-state index contributed by atoms with van der Waals surface area (Å²) in [6, 6.07) is -0.883. The molecule has 0 saturated heterocycles. The van der Waals surface area contributed by atoms with Crippen LogP contribution in [-0.2, 0) is 18.4 Å². The highest BCUT2D eigenvalue weighted by Crippen LogP contribution is 2.43. The lowest BCUT2D eigenvalue weighted by atomic mass is 10.1. The summed E-state index contributed by atoms with van der Waals surface area (Å²) < 4.78 is 23.7. The van der Waals surface area contributed by atoms with Crippen LogP contribution in [0.4, 0.5) is 0 Å². The standard InChI is InChI=1S/C66H111N2O6P/c1-6-8-10-12-14-16-18-20-22-24-25-26-27-28-29-30-31-32-33-34-35-36-37-38-39-40-41-42-43-44-46-48-50-52-54-56-58-60-66(70)67-64(63-74-75(71,72)73-62-61-68(3,4)5)65(69)59-57-55-53-51-49-47-45-23-21-19-17-15-13-11-9-7-2/h8,10,14,16,20-23,25-26,28-29,31-32,34-35,37-38,40-41,49,51,57,59,64-65,69H,6-7,9,11-13,15,17-19,24,27,30,33,36,39,42-48,50,52-56,58,60-63H2,1-5H3,(H-,67,70,71,72)/p+1/b10-8-,16-14-,22-20-,23-21+,26-25-,29-28-,32-31-,35-34-,38-37-,41-40-,51-49+,59-57+. The molecule has 3 N–H and O–H groups in total. The Morgan fingerprint density at radius 3 is 1.23 bits per heavy atom. The minimum Gasteiger partial charge on any atom is -0.387 e. The molecule has 75 heavy (non-hydrogen) atoms. The predicted molar refractivity (Wildman–Crippen MR) is 327 cm³/mol. The molecule has 0 aromatic carbocycles. The van der Waals surface area contributed by atoms with E-state index in [0.29, 0.717) is 17.4 Å². The van der Waals surface area contributed by atoms with E-state index in [1.165, 1.54) is 77.0 Å². The van der Waals surface area contributed by atoms with Crippen molar-refractivity contribution in [2.75, 3.05) is 40.9 Å². The Bertz CT molecular complexity index is 1720. The van der Waals surface area contributed by atoms with Gasteiger partial charge in [0.05, 0.1) is 39.9 Å². The van der Waals surface area contributed by atoms with Crippen molar-refractivity contribution in [3.8, 4) is 0 Å². The van der Waals surface area contributed by atoms with Gasteiger partial charge >= 0.3 is 7.82 Å². The second-order valence-corrected chi connectivity index (χ2v) is 22.1. The minimum atomic E-state index is -4.37. The lowest BCUT2D eigenvalue weighted by molar-refractivity contribution is -0.870. The molecule has 3 atom stereocenters. The molecule has 0 bridgehead atoms. The highest BCUT2D eigenvalue weighted by Gasteiger charge is 2.27. The van der Waals surface area contributed by atoms with Gasteiger partial charge in [-0.05, 0) is 116 Å². The van der Waals surface area contributed by atoms with Gasteiger partial charge in [-0.25, -0.2) is 4.57 Å². The quantitative estimate of drug-likeness (QED) is 0.0243. The van der Waals surface area contributed by atoms with Gasteiger partial charge in [0, 0.05) is 6.42 Å². The highest BCUT2D eigenvalue weighted by molar-refractivity contribution is 7.47. The first-order chi connectivity index (χ1) is 36.5. The second kappa shape index (κ2) is 55.1. The van der Waals surface area contributed by atoms with E-state index in [1.807, 2.05) is 27.2 Å². The van der Waals surface area contributed by atoms with Crippen LogP contribution in [0.2, 0.25) is 0 Å². The maximum absolute atomic E-state index is 13.0. The monoisotopic (exact) mass is 1060 g/mol. The normalized spacial score (nSPS) is 14.9. The molecule has 8 nitrogen and oxygen atoms in total. The molecule has 0 aliphatic rings. The van der Waals surface area contributed by atoms with Crippen molar-refractivity contribution in [1.29, 1.82) is 0 Å². The zero-order valence-corrected chi connectivity index (χ0v) is 49.4. The van der Waals surface area contributed by atoms with Gasteiger partial charge in [0.15, 0.2) is 0 Å². The van der Waals surface area contributed by atoms with Gasteiger partial charge in [-0.3, -0.25) is 13.8 Å². The maximum atomic E-state index is 13.0. The van der Waals surface area contributed by atoms with E-state index in [-0.39, 0.29) is 19.1 Å². The second-order valence-electron chi connectivity index (χ2n) is 20.6. The van der Waals surface area contributed by atoms with Crippen molar-refractivity contribution in [1.82, 2.24) is 5.32 Å². The van der Waals surface area contributed by atoms with Gasteiger partial charge in [-0.1, -0.05) is 237 Å². The number of nitrogens with one attached hydrogen (secondary N) is 1. The van der Waals surface area contributed by atoms with Crippen LogP contribution < -0.4 is 5.32 Å². The molecule has 0 aromatic heterocycles. The van der Waals surface area contributed by atoms with Crippen LogP contribution >= 0.6 is 7.82 Å². The number of hydrogen-bond acceptors (Lipinski definition) is 5. The number of phosphoric acid groups is 1. The Balaban J connectivity index is 4.21. The van der Waals surface area contributed by atoms with E-state index in [1.54, 1.807) is 6.08 Å². The molecule has 9 heteroatoms. The third-order valence-electron chi connectivity index (χ3n) is 12.3. The molecule has 0 aliphatic heterocycles. The molecule has 0 rings (SSSR count). The average molecular weight is 1060 g/mol. The maximum Gasteiger partial charge on any atom is 0.472 e. The topological polar surface area (TPSA) is 105 Å². The summed E-state index contributed by atoms with van der Waals surface area (Å²) >= 11 is 0. The number of hydrogen-bond donors (Lipinski definition) is 3. The number of unbranched alkanes of at least 4 members (excludes halogenated alkanes) is 17. The Labute approximate surface area is 461 Å². The Hall–Kier alpha value is -3.62. The van der Waals surface area contributed by atoms with Gasteiger partial charge in [0.2, 0.25) is 5.91 Å². The van der Waals surface area contributed by atoms with Crippen LogP contribution in [0.25, 0.3) is 0 Å². The number of aliphatic hydroxyl groups is 1. The zero-order valence-electron chi connectivity index (χ0n) is 48.5. The van der Waals surface area contributed by atoms with Gasteiger partial charge in [-0.2, -0.15) is 0 Å². The van der Waals surface area contributed by atoms with E-state index in [0.717, 1.165) is 116 Å². The van der Waals surface area contributed by atoms with Gasteiger partial charge in [-0.15, -0.1) is 0 Å². The summed E-state index contributed by atoms with van der Waals surface area (Å²) in [6.45, 7) is 4.64. The van der Waals surface area contributed by atoms with Crippen LogP contribution in [0.1, 0.15) is 213 Å². The predicted octanol–water partition coefficient (Wildman–Crippen LogP) is 18.5. The van der Waals surface area contributed by atoms with Crippen molar-refractivity contribution < 1.29 is 32.9 Å². The van der Waals surface area contributed by atoms with Gasteiger partial charge < -0.3 is 19.8 Å². The highest BCUT2D eigenvalue weighted by atomic mass is 31.2. The van der Waals surface area contributed by atoms with Crippen LogP contribution in [0, 0.1) is 0 Å². The van der Waals surface area contributed by atoms with E-state index in [2.05, 4.69) is 153 Å².